The van der Waals surface area contributed by atoms with Crippen LogP contribution in [0.3, 0.4) is 0 Å². The van der Waals surface area contributed by atoms with Crippen LogP contribution in [-0.2, 0) is 4.74 Å². The molecule has 176 valence electrons. The zero-order valence-corrected chi connectivity index (χ0v) is 18.8. The van der Waals surface area contributed by atoms with E-state index >= 15 is 0 Å². The fourth-order valence-electron chi connectivity index (χ4n) is 4.70. The Morgan fingerprint density at radius 3 is 2.55 bits per heavy atom. The van der Waals surface area contributed by atoms with Gasteiger partial charge < -0.3 is 15.0 Å². The molecule has 0 atom stereocenters. The number of nitro groups is 1. The maximum Gasteiger partial charge on any atom is 0.335 e. The second-order valence-corrected chi connectivity index (χ2v) is 8.67. The molecule has 0 aromatic heterocycles. The van der Waals surface area contributed by atoms with Crippen LogP contribution >= 0.6 is 0 Å². The van der Waals surface area contributed by atoms with Crippen LogP contribution in [0, 0.1) is 10.1 Å². The van der Waals surface area contributed by atoms with Gasteiger partial charge in [-0.25, -0.2) is 10.2 Å². The minimum atomic E-state index is -0.391. The number of nitrogens with zero attached hydrogens (tertiary/aromatic N) is 3. The fourth-order valence-corrected chi connectivity index (χ4v) is 4.70. The highest BCUT2D eigenvalue weighted by atomic mass is 16.6. The average Bonchev–Trinajstić information content (AvgIpc) is 3.22. The van der Waals surface area contributed by atoms with Gasteiger partial charge in [0, 0.05) is 37.0 Å². The maximum atomic E-state index is 12.2. The second-order valence-electron chi connectivity index (χ2n) is 8.67. The average molecular weight is 454 g/mol. The summed E-state index contributed by atoms with van der Waals surface area (Å²) < 4.78 is 5.52. The number of nitro benzene ring substituents is 1. The van der Waals surface area contributed by atoms with E-state index in [-0.39, 0.29) is 17.8 Å². The Kier molecular flexibility index (Phi) is 7.72. The molecule has 0 radical (unpaired) electrons. The maximum absolute atomic E-state index is 12.2. The van der Waals surface area contributed by atoms with Crippen molar-refractivity contribution in [3.05, 3.63) is 56.8 Å². The molecular weight excluding hydrogens is 422 g/mol. The van der Waals surface area contributed by atoms with Gasteiger partial charge in [0.15, 0.2) is 0 Å². The highest BCUT2D eigenvalue weighted by molar-refractivity contribution is 5.85. The van der Waals surface area contributed by atoms with E-state index in [1.807, 2.05) is 0 Å². The lowest BCUT2D eigenvalue weighted by Gasteiger charge is -2.31. The van der Waals surface area contributed by atoms with Crippen molar-refractivity contribution in [1.29, 1.82) is 0 Å². The smallest absolute Gasteiger partial charge is 0.335 e. The normalized spacial score (nSPS) is 21.1. The fraction of sp³-hybridized carbons (Fsp3) is 0.500. The van der Waals surface area contributed by atoms with E-state index in [1.54, 1.807) is 18.3 Å². The quantitative estimate of drug-likeness (QED) is 0.385. The number of hydrazone groups is 1. The van der Waals surface area contributed by atoms with E-state index in [1.165, 1.54) is 24.1 Å². The summed E-state index contributed by atoms with van der Waals surface area (Å²) >= 11 is 0. The summed E-state index contributed by atoms with van der Waals surface area (Å²) in [4.78, 5) is 25.1. The zero-order chi connectivity index (χ0) is 23.0. The molecule has 1 aromatic rings. The molecule has 1 aliphatic heterocycles. The number of hydrogen-bond donors (Lipinski definition) is 2. The molecule has 2 fully saturated rings. The van der Waals surface area contributed by atoms with Gasteiger partial charge in [-0.1, -0.05) is 19.3 Å². The molecule has 2 aliphatic carbocycles. The molecule has 4 rings (SSSR count). The Morgan fingerprint density at radius 1 is 1.12 bits per heavy atom. The first-order chi connectivity index (χ1) is 16.1. The van der Waals surface area contributed by atoms with Gasteiger partial charge in [0.1, 0.15) is 0 Å². The predicted molar refractivity (Wildman–Crippen MR) is 127 cm³/mol. The van der Waals surface area contributed by atoms with Gasteiger partial charge in [0.25, 0.3) is 5.69 Å². The first-order valence-electron chi connectivity index (χ1n) is 11.7. The molecular formula is C24H31N5O4. The molecule has 1 saturated carbocycles. The van der Waals surface area contributed by atoms with Crippen LogP contribution in [0.2, 0.25) is 0 Å². The SMILES string of the molecule is O=C(NN=CC1=C(N2CCOCC2)C(=Cc2ccc([N+](=O)[O-])cc2)CC1)NC1CCCCC1. The van der Waals surface area contributed by atoms with Gasteiger partial charge in [-0.05, 0) is 60.6 Å². The predicted octanol–water partition coefficient (Wildman–Crippen LogP) is 3.98. The van der Waals surface area contributed by atoms with Crippen molar-refractivity contribution in [3.8, 4) is 0 Å². The van der Waals surface area contributed by atoms with Crippen molar-refractivity contribution >= 4 is 24.0 Å². The van der Waals surface area contributed by atoms with E-state index in [9.17, 15) is 14.9 Å². The second kappa shape index (κ2) is 11.1. The number of carbonyl (C=O) groups is 1. The number of allylic oxidation sites excluding steroid dienone is 2. The minimum absolute atomic E-state index is 0.0814. The third kappa shape index (κ3) is 6.19. The van der Waals surface area contributed by atoms with Crippen LogP contribution in [-0.4, -0.2) is 54.4 Å². The third-order valence-electron chi connectivity index (χ3n) is 6.37. The van der Waals surface area contributed by atoms with Gasteiger partial charge in [-0.2, -0.15) is 5.10 Å². The van der Waals surface area contributed by atoms with Gasteiger partial charge in [-0.3, -0.25) is 10.1 Å². The van der Waals surface area contributed by atoms with Crippen LogP contribution in [0.5, 0.6) is 0 Å². The van der Waals surface area contributed by atoms with Crippen molar-refractivity contribution < 1.29 is 14.5 Å². The number of amides is 2. The van der Waals surface area contributed by atoms with Crippen LogP contribution in [0.1, 0.15) is 50.5 Å². The lowest BCUT2D eigenvalue weighted by Crippen LogP contribution is -2.41. The van der Waals surface area contributed by atoms with Crippen LogP contribution in [0.25, 0.3) is 6.08 Å². The molecule has 9 nitrogen and oxygen atoms in total. The Labute approximate surface area is 193 Å². The molecule has 2 amide bonds. The number of morpholine rings is 1. The molecule has 1 aromatic carbocycles. The monoisotopic (exact) mass is 453 g/mol. The van der Waals surface area contributed by atoms with Crippen LogP contribution in [0.4, 0.5) is 10.5 Å². The number of carbonyl (C=O) groups excluding carboxylic acids is 1. The topological polar surface area (TPSA) is 109 Å². The summed E-state index contributed by atoms with van der Waals surface area (Å²) in [7, 11) is 0. The summed E-state index contributed by atoms with van der Waals surface area (Å²) in [6.07, 6.45) is 11.1. The number of hydrogen-bond acceptors (Lipinski definition) is 6. The van der Waals surface area contributed by atoms with Gasteiger partial charge in [-0.15, -0.1) is 0 Å². The minimum Gasteiger partial charge on any atom is -0.378 e. The van der Waals surface area contributed by atoms with Crippen LogP contribution in [0.15, 0.2) is 46.2 Å². The summed E-state index contributed by atoms with van der Waals surface area (Å²) in [6, 6.07) is 6.57. The lowest BCUT2D eigenvalue weighted by atomic mass is 9.96. The summed E-state index contributed by atoms with van der Waals surface area (Å²) in [5.74, 6) is 0. The van der Waals surface area contributed by atoms with E-state index in [2.05, 4.69) is 26.8 Å². The number of nitrogens with one attached hydrogen (secondary N) is 2. The zero-order valence-electron chi connectivity index (χ0n) is 18.8. The Balaban J connectivity index is 1.48. The Bertz CT molecular complexity index is 942. The molecule has 9 heteroatoms. The largest absolute Gasteiger partial charge is 0.378 e. The highest BCUT2D eigenvalue weighted by Gasteiger charge is 2.25. The summed E-state index contributed by atoms with van der Waals surface area (Å²) in [5, 5.41) is 18.2. The molecule has 33 heavy (non-hydrogen) atoms. The van der Waals surface area contributed by atoms with Crippen molar-refractivity contribution in [2.45, 2.75) is 51.0 Å². The molecule has 2 N–H and O–H groups in total. The van der Waals surface area contributed by atoms with Gasteiger partial charge in [0.2, 0.25) is 0 Å². The van der Waals surface area contributed by atoms with Crippen molar-refractivity contribution in [3.63, 3.8) is 0 Å². The summed E-state index contributed by atoms with van der Waals surface area (Å²) in [5.41, 5.74) is 6.98. The van der Waals surface area contributed by atoms with E-state index in [0.717, 1.165) is 68.4 Å². The molecule has 0 bridgehead atoms. The summed E-state index contributed by atoms with van der Waals surface area (Å²) in [6.45, 7) is 2.92. The number of rotatable bonds is 6. The molecule has 1 saturated heterocycles. The van der Waals surface area contributed by atoms with Gasteiger partial charge in [0.05, 0.1) is 24.4 Å². The number of ether oxygens (including phenoxy) is 1. The van der Waals surface area contributed by atoms with E-state index in [0.29, 0.717) is 13.2 Å². The Morgan fingerprint density at radius 2 is 1.85 bits per heavy atom. The number of urea groups is 1. The molecule has 0 unspecified atom stereocenters. The molecule has 0 spiro atoms. The van der Waals surface area contributed by atoms with Crippen molar-refractivity contribution in [2.24, 2.45) is 5.10 Å². The molecule has 3 aliphatic rings. The van der Waals surface area contributed by atoms with E-state index in [4.69, 9.17) is 4.74 Å². The number of benzene rings is 1. The Hall–Kier alpha value is -3.20. The van der Waals surface area contributed by atoms with Crippen LogP contribution < -0.4 is 10.7 Å². The lowest BCUT2D eigenvalue weighted by molar-refractivity contribution is -0.384. The van der Waals surface area contributed by atoms with Crippen molar-refractivity contribution in [2.75, 3.05) is 26.3 Å². The van der Waals surface area contributed by atoms with Crippen molar-refractivity contribution in [1.82, 2.24) is 15.6 Å². The molecule has 1 heterocycles. The van der Waals surface area contributed by atoms with Gasteiger partial charge >= 0.3 is 6.03 Å². The van der Waals surface area contributed by atoms with E-state index < -0.39 is 4.92 Å². The first kappa shape index (κ1) is 23.0. The first-order valence-corrected chi connectivity index (χ1v) is 11.7. The number of non-ortho nitro benzene ring substituents is 1. The standard InChI is InChI=1S/C24H31N5O4/c30-24(26-21-4-2-1-3-5-21)27-25-17-20-9-8-19(23(20)28-12-14-33-15-13-28)16-18-6-10-22(11-7-18)29(31)32/h6-7,10-11,16-17,21H,1-5,8-9,12-15H2,(H2,26,27,30). The highest BCUT2D eigenvalue weighted by Crippen LogP contribution is 2.35. The third-order valence-corrected chi connectivity index (χ3v) is 6.37.